The minimum atomic E-state index is -0.520. The summed E-state index contributed by atoms with van der Waals surface area (Å²) in [6.45, 7) is 5.94. The maximum Gasteiger partial charge on any atom is 0.267 e. The number of nitriles is 1. The summed E-state index contributed by atoms with van der Waals surface area (Å²) >= 11 is 0. The minimum Gasteiger partial charge on any atom is -0.356 e. The van der Waals surface area contributed by atoms with Crippen LogP contribution in [-0.4, -0.2) is 28.4 Å². The van der Waals surface area contributed by atoms with Crippen molar-refractivity contribution in [3.63, 3.8) is 0 Å². The standard InChI is InChI=1S/C26H27N5O2/c1-18-8-6-12-30(17-18)24-22(26(33)31-13-7-9-19(2)23(31)29-24)14-21(15-27)25(32)28-16-20-10-4-3-5-11-20/h3-5,7,9-11,13-14,18H,6,8,12,16-17H2,1-2H3,(H,28,32)/b21-14+. The summed E-state index contributed by atoms with van der Waals surface area (Å²) in [7, 11) is 0. The summed E-state index contributed by atoms with van der Waals surface area (Å²) < 4.78 is 1.48. The average molecular weight is 442 g/mol. The molecule has 0 spiro atoms. The SMILES string of the molecule is Cc1cccn2c(=O)c(/C=C(\C#N)C(=O)NCc3ccccc3)c(N3CCCC(C)C3)nc12. The first-order valence-electron chi connectivity index (χ1n) is 11.2. The number of pyridine rings is 1. The van der Waals surface area contributed by atoms with E-state index >= 15 is 0 Å². The van der Waals surface area contributed by atoms with Gasteiger partial charge in [-0.3, -0.25) is 14.0 Å². The van der Waals surface area contributed by atoms with Crippen LogP contribution in [0, 0.1) is 24.2 Å². The van der Waals surface area contributed by atoms with Crippen molar-refractivity contribution in [1.82, 2.24) is 14.7 Å². The van der Waals surface area contributed by atoms with Gasteiger partial charge < -0.3 is 10.2 Å². The lowest BCUT2D eigenvalue weighted by Gasteiger charge is -2.32. The van der Waals surface area contributed by atoms with Gasteiger partial charge in [0.2, 0.25) is 0 Å². The zero-order chi connectivity index (χ0) is 23.4. The highest BCUT2D eigenvalue weighted by molar-refractivity contribution is 6.02. The molecule has 4 rings (SSSR count). The van der Waals surface area contributed by atoms with Gasteiger partial charge >= 0.3 is 0 Å². The Labute approximate surface area is 193 Å². The van der Waals surface area contributed by atoms with Crippen LogP contribution in [0.15, 0.2) is 59.0 Å². The number of fused-ring (bicyclic) bond motifs is 1. The molecule has 1 aliphatic heterocycles. The molecule has 1 saturated heterocycles. The molecule has 3 aromatic rings. The molecule has 1 unspecified atom stereocenters. The Bertz CT molecular complexity index is 1300. The van der Waals surface area contributed by atoms with Crippen LogP contribution in [0.3, 0.4) is 0 Å². The number of nitrogens with zero attached hydrogens (tertiary/aromatic N) is 4. The first kappa shape index (κ1) is 22.3. The number of benzene rings is 1. The molecule has 1 N–H and O–H groups in total. The molecule has 7 nitrogen and oxygen atoms in total. The number of aromatic nitrogens is 2. The van der Waals surface area contributed by atoms with E-state index in [0.29, 0.717) is 23.9 Å². The van der Waals surface area contributed by atoms with E-state index in [4.69, 9.17) is 4.98 Å². The third-order valence-electron chi connectivity index (χ3n) is 5.97. The topological polar surface area (TPSA) is 90.5 Å². The van der Waals surface area contributed by atoms with Crippen molar-refractivity contribution in [3.05, 3.63) is 81.3 Å². The van der Waals surface area contributed by atoms with Gasteiger partial charge in [0.1, 0.15) is 23.1 Å². The molecule has 3 heterocycles. The molecule has 0 saturated carbocycles. The van der Waals surface area contributed by atoms with E-state index in [9.17, 15) is 14.9 Å². The van der Waals surface area contributed by atoms with Crippen molar-refractivity contribution in [2.75, 3.05) is 18.0 Å². The molecular weight excluding hydrogens is 414 g/mol. The third kappa shape index (κ3) is 4.80. The monoisotopic (exact) mass is 441 g/mol. The minimum absolute atomic E-state index is 0.122. The maximum atomic E-state index is 13.5. The average Bonchev–Trinajstić information content (AvgIpc) is 2.83. The summed E-state index contributed by atoms with van der Waals surface area (Å²) in [5.74, 6) is 0.481. The predicted molar refractivity (Wildman–Crippen MR) is 129 cm³/mol. The van der Waals surface area contributed by atoms with E-state index in [1.165, 1.54) is 10.5 Å². The first-order chi connectivity index (χ1) is 16.0. The van der Waals surface area contributed by atoms with Gasteiger partial charge in [0.05, 0.1) is 5.56 Å². The molecule has 0 bridgehead atoms. The molecule has 0 aliphatic carbocycles. The highest BCUT2D eigenvalue weighted by Crippen LogP contribution is 2.25. The lowest BCUT2D eigenvalue weighted by molar-refractivity contribution is -0.117. The third-order valence-corrected chi connectivity index (χ3v) is 5.97. The van der Waals surface area contributed by atoms with Crippen molar-refractivity contribution < 1.29 is 4.79 Å². The van der Waals surface area contributed by atoms with Crippen LogP contribution in [0.5, 0.6) is 0 Å². The second-order valence-electron chi connectivity index (χ2n) is 8.57. The molecular formula is C26H27N5O2. The molecule has 1 fully saturated rings. The molecule has 168 valence electrons. The Kier molecular flexibility index (Phi) is 6.55. The van der Waals surface area contributed by atoms with Gasteiger partial charge in [-0.1, -0.05) is 43.3 Å². The van der Waals surface area contributed by atoms with Gasteiger partial charge in [-0.05, 0) is 49.0 Å². The lowest BCUT2D eigenvalue weighted by Crippen LogP contribution is -2.37. The molecule has 1 amide bonds. The normalized spacial score (nSPS) is 16.5. The van der Waals surface area contributed by atoms with Crippen LogP contribution in [0.25, 0.3) is 11.7 Å². The van der Waals surface area contributed by atoms with Gasteiger partial charge in [0.15, 0.2) is 0 Å². The Morgan fingerprint density at radius 2 is 2.06 bits per heavy atom. The maximum absolute atomic E-state index is 13.5. The summed E-state index contributed by atoms with van der Waals surface area (Å²) in [4.78, 5) is 33.2. The fourth-order valence-electron chi connectivity index (χ4n) is 4.22. The highest BCUT2D eigenvalue weighted by atomic mass is 16.1. The summed E-state index contributed by atoms with van der Waals surface area (Å²) in [6.07, 6.45) is 5.18. The lowest BCUT2D eigenvalue weighted by atomic mass is 10.00. The Hall–Kier alpha value is -3.92. The number of hydrogen-bond acceptors (Lipinski definition) is 5. The van der Waals surface area contributed by atoms with Crippen molar-refractivity contribution in [2.45, 2.75) is 33.2 Å². The number of carbonyl (C=O) groups is 1. The number of rotatable bonds is 5. The fourth-order valence-corrected chi connectivity index (χ4v) is 4.22. The van der Waals surface area contributed by atoms with Crippen LogP contribution in [0.4, 0.5) is 5.82 Å². The Balaban J connectivity index is 1.77. The smallest absolute Gasteiger partial charge is 0.267 e. The van der Waals surface area contributed by atoms with Gasteiger partial charge in [0.25, 0.3) is 11.5 Å². The second kappa shape index (κ2) is 9.70. The van der Waals surface area contributed by atoms with Crippen LogP contribution in [-0.2, 0) is 11.3 Å². The van der Waals surface area contributed by atoms with Crippen molar-refractivity contribution in [2.24, 2.45) is 5.92 Å². The molecule has 0 radical (unpaired) electrons. The Morgan fingerprint density at radius 1 is 1.27 bits per heavy atom. The molecule has 2 aromatic heterocycles. The van der Waals surface area contributed by atoms with E-state index in [0.717, 1.165) is 37.1 Å². The summed E-state index contributed by atoms with van der Waals surface area (Å²) in [5.41, 5.74) is 2.24. The quantitative estimate of drug-likeness (QED) is 0.484. The largest absolute Gasteiger partial charge is 0.356 e. The number of hydrogen-bond donors (Lipinski definition) is 1. The van der Waals surface area contributed by atoms with Crippen LogP contribution in [0.1, 0.15) is 36.5 Å². The van der Waals surface area contributed by atoms with E-state index in [2.05, 4.69) is 17.1 Å². The van der Waals surface area contributed by atoms with Gasteiger partial charge in [-0.25, -0.2) is 4.98 Å². The van der Waals surface area contributed by atoms with E-state index in [1.807, 2.05) is 49.4 Å². The summed E-state index contributed by atoms with van der Waals surface area (Å²) in [6, 6.07) is 15.1. The van der Waals surface area contributed by atoms with Gasteiger partial charge in [-0.2, -0.15) is 5.26 Å². The molecule has 33 heavy (non-hydrogen) atoms. The number of amides is 1. The van der Waals surface area contributed by atoms with E-state index in [1.54, 1.807) is 12.3 Å². The zero-order valence-electron chi connectivity index (χ0n) is 18.9. The molecule has 7 heteroatoms. The van der Waals surface area contributed by atoms with Crippen LogP contribution >= 0.6 is 0 Å². The number of nitrogens with one attached hydrogen (secondary N) is 1. The van der Waals surface area contributed by atoms with Gasteiger partial charge in [0, 0.05) is 25.8 Å². The van der Waals surface area contributed by atoms with E-state index < -0.39 is 5.91 Å². The fraction of sp³-hybridized carbons (Fsp3) is 0.308. The molecule has 1 atom stereocenters. The number of piperidine rings is 1. The number of anilines is 1. The molecule has 1 aromatic carbocycles. The molecule has 1 aliphatic rings. The van der Waals surface area contributed by atoms with Crippen molar-refractivity contribution >= 4 is 23.4 Å². The van der Waals surface area contributed by atoms with Crippen molar-refractivity contribution in [3.8, 4) is 6.07 Å². The second-order valence-corrected chi connectivity index (χ2v) is 8.57. The summed E-state index contributed by atoms with van der Waals surface area (Å²) in [5, 5.41) is 12.5. The Morgan fingerprint density at radius 3 is 2.79 bits per heavy atom. The van der Waals surface area contributed by atoms with Crippen LogP contribution in [0.2, 0.25) is 0 Å². The number of aryl methyl sites for hydroxylation is 1. The predicted octanol–water partition coefficient (Wildman–Crippen LogP) is 3.46. The first-order valence-corrected chi connectivity index (χ1v) is 11.2. The number of carbonyl (C=O) groups excluding carboxylic acids is 1. The highest BCUT2D eigenvalue weighted by Gasteiger charge is 2.24. The van der Waals surface area contributed by atoms with E-state index in [-0.39, 0.29) is 16.7 Å². The zero-order valence-corrected chi connectivity index (χ0v) is 18.9. The van der Waals surface area contributed by atoms with Crippen LogP contribution < -0.4 is 15.8 Å². The van der Waals surface area contributed by atoms with Gasteiger partial charge in [-0.15, -0.1) is 0 Å². The van der Waals surface area contributed by atoms with Crippen molar-refractivity contribution in [1.29, 1.82) is 5.26 Å².